The molecule has 0 spiro atoms. The van der Waals surface area contributed by atoms with E-state index in [1.54, 1.807) is 0 Å². The zero-order chi connectivity index (χ0) is 16.7. The van der Waals surface area contributed by atoms with Gasteiger partial charge in [-0.1, -0.05) is 6.07 Å². The second-order valence-electron chi connectivity index (χ2n) is 6.56. The Balaban J connectivity index is 1.68. The highest BCUT2D eigenvalue weighted by Gasteiger charge is 2.22. The predicted octanol–water partition coefficient (Wildman–Crippen LogP) is 2.92. The van der Waals surface area contributed by atoms with Crippen LogP contribution in [0.15, 0.2) is 18.2 Å². The van der Waals surface area contributed by atoms with Gasteiger partial charge < -0.3 is 15.0 Å². The molecule has 1 heterocycles. The molecule has 1 aromatic carbocycles. The largest absolute Gasteiger partial charge is 0.493 e. The number of ether oxygens (including phenoxy) is 1. The Hall–Kier alpha value is -1.55. The minimum Gasteiger partial charge on any atom is -0.493 e. The first-order valence-electron chi connectivity index (χ1n) is 8.72. The van der Waals surface area contributed by atoms with Crippen molar-refractivity contribution in [2.45, 2.75) is 39.5 Å². The molecule has 0 aliphatic carbocycles. The highest BCUT2D eigenvalue weighted by molar-refractivity contribution is 5.76. The number of aryl methyl sites for hydroxylation is 2. The maximum Gasteiger partial charge on any atom is 0.225 e. The van der Waals surface area contributed by atoms with Crippen LogP contribution in [0.2, 0.25) is 0 Å². The van der Waals surface area contributed by atoms with Gasteiger partial charge in [0, 0.05) is 13.1 Å². The van der Waals surface area contributed by atoms with Crippen LogP contribution in [0, 0.1) is 19.8 Å². The van der Waals surface area contributed by atoms with Gasteiger partial charge in [0.25, 0.3) is 0 Å². The van der Waals surface area contributed by atoms with Crippen LogP contribution < -0.4 is 10.1 Å². The third-order valence-electron chi connectivity index (χ3n) is 4.83. The smallest absolute Gasteiger partial charge is 0.225 e. The average molecular weight is 318 g/mol. The Labute approximate surface area is 140 Å². The molecule has 4 heteroatoms. The molecule has 1 aliphatic rings. The summed E-state index contributed by atoms with van der Waals surface area (Å²) in [4.78, 5) is 14.3. The number of nitrogens with one attached hydrogen (secondary N) is 1. The van der Waals surface area contributed by atoms with Crippen LogP contribution in [0.4, 0.5) is 0 Å². The maximum absolute atomic E-state index is 12.3. The summed E-state index contributed by atoms with van der Waals surface area (Å²) in [6, 6.07) is 6.07. The number of likely N-dealkylation sites (tertiary alicyclic amines) is 1. The summed E-state index contributed by atoms with van der Waals surface area (Å²) in [5.41, 5.74) is 2.48. The molecule has 128 valence electrons. The first-order valence-corrected chi connectivity index (χ1v) is 8.72. The van der Waals surface area contributed by atoms with E-state index in [0.29, 0.717) is 13.0 Å². The Morgan fingerprint density at radius 3 is 2.65 bits per heavy atom. The molecule has 1 N–H and O–H groups in total. The fourth-order valence-corrected chi connectivity index (χ4v) is 3.04. The summed E-state index contributed by atoms with van der Waals surface area (Å²) in [5, 5.41) is 3.20. The lowest BCUT2D eigenvalue weighted by atomic mass is 9.93. The van der Waals surface area contributed by atoms with Crippen LogP contribution in [-0.2, 0) is 4.79 Å². The lowest BCUT2D eigenvalue weighted by Gasteiger charge is -2.32. The van der Waals surface area contributed by atoms with Gasteiger partial charge in [0.05, 0.1) is 13.0 Å². The van der Waals surface area contributed by atoms with E-state index >= 15 is 0 Å². The van der Waals surface area contributed by atoms with Gasteiger partial charge in [0.15, 0.2) is 0 Å². The summed E-state index contributed by atoms with van der Waals surface area (Å²) < 4.78 is 5.72. The predicted molar refractivity (Wildman–Crippen MR) is 93.9 cm³/mol. The summed E-state index contributed by atoms with van der Waals surface area (Å²) in [6.07, 6.45) is 3.94. The number of benzene rings is 1. The van der Waals surface area contributed by atoms with Crippen molar-refractivity contribution in [1.29, 1.82) is 0 Å². The van der Waals surface area contributed by atoms with Crippen LogP contribution in [0.1, 0.15) is 36.8 Å². The van der Waals surface area contributed by atoms with Gasteiger partial charge in [-0.25, -0.2) is 0 Å². The second-order valence-corrected chi connectivity index (χ2v) is 6.56. The molecule has 0 bridgehead atoms. The molecule has 1 saturated heterocycles. The number of amides is 1. The van der Waals surface area contributed by atoms with Gasteiger partial charge in [-0.3, -0.25) is 4.79 Å². The van der Waals surface area contributed by atoms with E-state index < -0.39 is 0 Å². The quantitative estimate of drug-likeness (QED) is 0.840. The van der Waals surface area contributed by atoms with Crippen LogP contribution >= 0.6 is 0 Å². The van der Waals surface area contributed by atoms with Crippen molar-refractivity contribution >= 4 is 5.91 Å². The van der Waals surface area contributed by atoms with Crippen molar-refractivity contribution in [2.24, 2.45) is 5.92 Å². The molecule has 2 rings (SSSR count). The van der Waals surface area contributed by atoms with Gasteiger partial charge in [-0.05, 0) is 75.9 Å². The van der Waals surface area contributed by atoms with Gasteiger partial charge in [-0.15, -0.1) is 0 Å². The van der Waals surface area contributed by atoms with E-state index in [0.717, 1.165) is 44.1 Å². The molecule has 1 fully saturated rings. The van der Waals surface area contributed by atoms with Crippen molar-refractivity contribution in [2.75, 3.05) is 33.3 Å². The summed E-state index contributed by atoms with van der Waals surface area (Å²) in [7, 11) is 1.99. The number of hydrogen-bond donors (Lipinski definition) is 1. The molecule has 0 atom stereocenters. The van der Waals surface area contributed by atoms with Gasteiger partial charge in [0.2, 0.25) is 5.91 Å². The molecule has 0 radical (unpaired) electrons. The van der Waals surface area contributed by atoms with E-state index in [2.05, 4.69) is 25.2 Å². The van der Waals surface area contributed by atoms with Gasteiger partial charge >= 0.3 is 0 Å². The second kappa shape index (κ2) is 8.92. The number of piperidine rings is 1. The number of carbonyl (C=O) groups excluding carboxylic acids is 1. The van der Waals surface area contributed by atoms with Crippen LogP contribution in [0.3, 0.4) is 0 Å². The average Bonchev–Trinajstić information content (AvgIpc) is 2.56. The lowest BCUT2D eigenvalue weighted by Crippen LogP contribution is -2.39. The van der Waals surface area contributed by atoms with Crippen LogP contribution in [0.25, 0.3) is 0 Å². The Morgan fingerprint density at radius 2 is 2.00 bits per heavy atom. The zero-order valence-electron chi connectivity index (χ0n) is 14.7. The molecule has 1 aliphatic heterocycles. The molecule has 0 aromatic heterocycles. The third-order valence-corrected chi connectivity index (χ3v) is 4.83. The van der Waals surface area contributed by atoms with E-state index in [4.69, 9.17) is 4.74 Å². The normalized spacial score (nSPS) is 15.7. The summed E-state index contributed by atoms with van der Waals surface area (Å²) in [5.74, 6) is 1.84. The zero-order valence-corrected chi connectivity index (χ0v) is 14.7. The van der Waals surface area contributed by atoms with E-state index in [1.807, 2.05) is 24.1 Å². The van der Waals surface area contributed by atoms with Crippen molar-refractivity contribution in [1.82, 2.24) is 10.2 Å². The Bertz CT molecular complexity index is 508. The molecular formula is C19H30N2O2. The third kappa shape index (κ3) is 5.54. The van der Waals surface area contributed by atoms with E-state index in [9.17, 15) is 4.79 Å². The fraction of sp³-hybridized carbons (Fsp3) is 0.632. The van der Waals surface area contributed by atoms with Crippen molar-refractivity contribution in [3.63, 3.8) is 0 Å². The maximum atomic E-state index is 12.3. The molecule has 0 unspecified atom stereocenters. The number of carbonyl (C=O) groups is 1. The monoisotopic (exact) mass is 318 g/mol. The van der Waals surface area contributed by atoms with Crippen LogP contribution in [0.5, 0.6) is 5.75 Å². The number of hydrogen-bond acceptors (Lipinski definition) is 3. The van der Waals surface area contributed by atoms with Crippen molar-refractivity contribution in [3.8, 4) is 5.75 Å². The molecular weight excluding hydrogens is 288 g/mol. The van der Waals surface area contributed by atoms with Gasteiger partial charge in [0.1, 0.15) is 5.75 Å². The summed E-state index contributed by atoms with van der Waals surface area (Å²) >= 11 is 0. The first-order chi connectivity index (χ1) is 11.1. The lowest BCUT2D eigenvalue weighted by molar-refractivity contribution is -0.133. The Morgan fingerprint density at radius 1 is 1.26 bits per heavy atom. The fourth-order valence-electron chi connectivity index (χ4n) is 3.04. The van der Waals surface area contributed by atoms with E-state index in [1.165, 1.54) is 17.5 Å². The molecule has 1 amide bonds. The minimum atomic E-state index is 0.223. The molecule has 23 heavy (non-hydrogen) atoms. The van der Waals surface area contributed by atoms with Crippen LogP contribution in [-0.4, -0.2) is 44.1 Å². The SMILES string of the molecule is CNCCC1CCN(C(=O)CCOc2ccc(C)c(C)c2)CC1. The minimum absolute atomic E-state index is 0.223. The van der Waals surface area contributed by atoms with Crippen molar-refractivity contribution < 1.29 is 9.53 Å². The Kier molecular flexibility index (Phi) is 6.90. The molecule has 1 aromatic rings. The highest BCUT2D eigenvalue weighted by atomic mass is 16.5. The standard InChI is InChI=1S/C19H30N2O2/c1-15-4-5-18(14-16(15)2)23-13-9-19(22)21-11-7-17(8-12-21)6-10-20-3/h4-5,14,17,20H,6-13H2,1-3H3. The number of nitrogens with zero attached hydrogens (tertiary/aromatic N) is 1. The van der Waals surface area contributed by atoms with Gasteiger partial charge in [-0.2, -0.15) is 0 Å². The topological polar surface area (TPSA) is 41.6 Å². The molecule has 0 saturated carbocycles. The first kappa shape index (κ1) is 17.8. The van der Waals surface area contributed by atoms with Crippen molar-refractivity contribution in [3.05, 3.63) is 29.3 Å². The van der Waals surface area contributed by atoms with E-state index in [-0.39, 0.29) is 5.91 Å². The molecule has 4 nitrogen and oxygen atoms in total. The highest BCUT2D eigenvalue weighted by Crippen LogP contribution is 2.21. The number of rotatable bonds is 7. The summed E-state index contributed by atoms with van der Waals surface area (Å²) in [6.45, 7) is 7.49.